The number of carbonyl (C=O) groups is 1. The predicted molar refractivity (Wildman–Crippen MR) is 151 cm³/mol. The van der Waals surface area contributed by atoms with Crippen LogP contribution in [-0.4, -0.2) is 82.6 Å². The first-order chi connectivity index (χ1) is 17.6. The molecule has 9 nitrogen and oxygen atoms in total. The molecule has 2 aliphatic heterocycles. The molecule has 1 fully saturated rings. The molecule has 2 aliphatic rings. The number of nitrogens with one attached hydrogen (secondary N) is 3. The summed E-state index contributed by atoms with van der Waals surface area (Å²) in [7, 11) is 2.15. The van der Waals surface area contributed by atoms with Gasteiger partial charge >= 0.3 is 6.03 Å². The van der Waals surface area contributed by atoms with Gasteiger partial charge in [0.25, 0.3) is 0 Å². The SMILES string of the molecule is CN1CCN(c2cc(Cl)cc(Nc3ncnc4[nH]c(C5=CCN(C(=O)NC(C)(C)C)CC5)cc34)c2)CC1. The molecule has 0 radical (unpaired) electrons. The molecule has 0 spiro atoms. The number of hydrogen-bond donors (Lipinski definition) is 3. The average molecular weight is 523 g/mol. The predicted octanol–water partition coefficient (Wildman–Crippen LogP) is 4.70. The lowest BCUT2D eigenvalue weighted by atomic mass is 10.0. The monoisotopic (exact) mass is 522 g/mol. The summed E-state index contributed by atoms with van der Waals surface area (Å²) in [6.07, 6.45) is 4.43. The Bertz CT molecular complexity index is 1320. The first-order valence-electron chi connectivity index (χ1n) is 12.8. The maximum absolute atomic E-state index is 12.5. The molecule has 5 rings (SSSR count). The van der Waals surface area contributed by atoms with E-state index in [-0.39, 0.29) is 11.6 Å². The number of nitrogens with zero attached hydrogens (tertiary/aromatic N) is 5. The lowest BCUT2D eigenvalue weighted by Crippen LogP contribution is -2.49. The van der Waals surface area contributed by atoms with E-state index in [1.807, 2.05) is 37.8 Å². The van der Waals surface area contributed by atoms with Gasteiger partial charge in [0.2, 0.25) is 0 Å². The maximum Gasteiger partial charge on any atom is 0.318 e. The van der Waals surface area contributed by atoms with Gasteiger partial charge in [-0.25, -0.2) is 14.8 Å². The molecule has 10 heteroatoms. The van der Waals surface area contributed by atoms with Crippen LogP contribution in [0.1, 0.15) is 32.9 Å². The number of anilines is 3. The van der Waals surface area contributed by atoms with Gasteiger partial charge in [-0.3, -0.25) is 0 Å². The number of hydrogen-bond acceptors (Lipinski definition) is 6. The van der Waals surface area contributed by atoms with Crippen molar-refractivity contribution in [1.82, 2.24) is 30.1 Å². The molecule has 0 aliphatic carbocycles. The van der Waals surface area contributed by atoms with E-state index in [0.29, 0.717) is 18.1 Å². The van der Waals surface area contributed by atoms with Crippen molar-refractivity contribution >= 4 is 51.4 Å². The van der Waals surface area contributed by atoms with Crippen molar-refractivity contribution in [2.45, 2.75) is 32.7 Å². The van der Waals surface area contributed by atoms with Crippen molar-refractivity contribution in [2.75, 3.05) is 56.5 Å². The second-order valence-electron chi connectivity index (χ2n) is 10.9. The van der Waals surface area contributed by atoms with Gasteiger partial charge in [0.15, 0.2) is 0 Å². The fourth-order valence-electron chi connectivity index (χ4n) is 4.74. The van der Waals surface area contributed by atoms with Crippen molar-refractivity contribution in [3.05, 3.63) is 47.4 Å². The average Bonchev–Trinajstić information content (AvgIpc) is 3.29. The lowest BCUT2D eigenvalue weighted by Gasteiger charge is -2.34. The highest BCUT2D eigenvalue weighted by Gasteiger charge is 2.23. The van der Waals surface area contributed by atoms with Gasteiger partial charge in [0.1, 0.15) is 17.8 Å². The summed E-state index contributed by atoms with van der Waals surface area (Å²) in [6.45, 7) is 11.2. The highest BCUT2D eigenvalue weighted by atomic mass is 35.5. The summed E-state index contributed by atoms with van der Waals surface area (Å²) in [5.41, 5.74) is 4.68. The smallest absolute Gasteiger partial charge is 0.318 e. The van der Waals surface area contributed by atoms with E-state index in [9.17, 15) is 4.79 Å². The van der Waals surface area contributed by atoms with E-state index in [4.69, 9.17) is 11.6 Å². The van der Waals surface area contributed by atoms with Gasteiger partial charge in [-0.2, -0.15) is 0 Å². The zero-order chi connectivity index (χ0) is 26.2. The molecule has 0 saturated carbocycles. The van der Waals surface area contributed by atoms with Crippen LogP contribution in [0.5, 0.6) is 0 Å². The van der Waals surface area contributed by atoms with E-state index in [1.165, 1.54) is 5.57 Å². The summed E-state index contributed by atoms with van der Waals surface area (Å²) < 4.78 is 0. The van der Waals surface area contributed by atoms with Crippen LogP contribution in [0.4, 0.5) is 22.0 Å². The largest absolute Gasteiger partial charge is 0.369 e. The molecule has 1 aromatic carbocycles. The number of aromatic nitrogens is 3. The fraction of sp³-hybridized carbons (Fsp3) is 0.444. The van der Waals surface area contributed by atoms with Crippen LogP contribution < -0.4 is 15.5 Å². The Labute approximate surface area is 222 Å². The number of urea groups is 1. The highest BCUT2D eigenvalue weighted by Crippen LogP contribution is 2.32. The van der Waals surface area contributed by atoms with E-state index < -0.39 is 0 Å². The number of benzene rings is 1. The van der Waals surface area contributed by atoms with Crippen molar-refractivity contribution in [3.8, 4) is 0 Å². The first-order valence-corrected chi connectivity index (χ1v) is 13.1. The summed E-state index contributed by atoms with van der Waals surface area (Å²) in [5.74, 6) is 0.724. The molecule has 2 aromatic heterocycles. The Morgan fingerprint density at radius 3 is 2.54 bits per heavy atom. The molecular formula is C27H35ClN8O. The van der Waals surface area contributed by atoms with Crippen LogP contribution in [-0.2, 0) is 0 Å². The topological polar surface area (TPSA) is 92.4 Å². The van der Waals surface area contributed by atoms with Crippen molar-refractivity contribution in [1.29, 1.82) is 0 Å². The van der Waals surface area contributed by atoms with Crippen molar-refractivity contribution in [2.24, 2.45) is 0 Å². The number of fused-ring (bicyclic) bond motifs is 1. The van der Waals surface area contributed by atoms with Crippen LogP contribution in [0.25, 0.3) is 16.6 Å². The molecule has 3 aromatic rings. The molecule has 196 valence electrons. The van der Waals surface area contributed by atoms with Gasteiger partial charge in [-0.1, -0.05) is 17.7 Å². The Hall–Kier alpha value is -3.30. The summed E-state index contributed by atoms with van der Waals surface area (Å²) in [4.78, 5) is 31.5. The van der Waals surface area contributed by atoms with E-state index in [1.54, 1.807) is 6.33 Å². The number of carbonyl (C=O) groups excluding carboxylic acids is 1. The molecule has 0 bridgehead atoms. The molecule has 1 saturated heterocycles. The number of likely N-dealkylation sites (N-methyl/N-ethyl adjacent to an activating group) is 1. The fourth-order valence-corrected chi connectivity index (χ4v) is 4.97. The Kier molecular flexibility index (Phi) is 7.00. The molecule has 4 heterocycles. The molecule has 0 atom stereocenters. The Morgan fingerprint density at radius 2 is 1.84 bits per heavy atom. The second kappa shape index (κ2) is 10.2. The van der Waals surface area contributed by atoms with E-state index >= 15 is 0 Å². The van der Waals surface area contributed by atoms with Gasteiger partial charge < -0.3 is 30.3 Å². The van der Waals surface area contributed by atoms with Gasteiger partial charge in [0.05, 0.1) is 5.39 Å². The van der Waals surface area contributed by atoms with Crippen LogP contribution in [0, 0.1) is 0 Å². The number of rotatable bonds is 4. The Balaban J connectivity index is 1.34. The van der Waals surface area contributed by atoms with Gasteiger partial charge in [0, 0.05) is 66.9 Å². The van der Waals surface area contributed by atoms with Crippen molar-refractivity contribution in [3.63, 3.8) is 0 Å². The number of aromatic amines is 1. The quantitative estimate of drug-likeness (QED) is 0.460. The Morgan fingerprint density at radius 1 is 1.05 bits per heavy atom. The van der Waals surface area contributed by atoms with Crippen LogP contribution in [0.3, 0.4) is 0 Å². The lowest BCUT2D eigenvalue weighted by molar-refractivity contribution is 0.193. The third-order valence-electron chi connectivity index (χ3n) is 6.76. The van der Waals surface area contributed by atoms with Crippen LogP contribution in [0.15, 0.2) is 36.7 Å². The van der Waals surface area contributed by atoms with Crippen LogP contribution >= 0.6 is 11.6 Å². The summed E-state index contributed by atoms with van der Waals surface area (Å²) >= 11 is 6.50. The second-order valence-corrected chi connectivity index (χ2v) is 11.3. The minimum Gasteiger partial charge on any atom is -0.369 e. The normalized spacial score (nSPS) is 17.2. The zero-order valence-corrected chi connectivity index (χ0v) is 22.7. The van der Waals surface area contributed by atoms with Gasteiger partial charge in [-0.15, -0.1) is 0 Å². The number of piperazine rings is 1. The third-order valence-corrected chi connectivity index (χ3v) is 6.98. The van der Waals surface area contributed by atoms with Crippen molar-refractivity contribution < 1.29 is 4.79 Å². The van der Waals surface area contributed by atoms with E-state index in [0.717, 1.165) is 66.5 Å². The number of halogens is 1. The first kappa shape index (κ1) is 25.4. The minimum atomic E-state index is -0.255. The summed E-state index contributed by atoms with van der Waals surface area (Å²) in [6, 6.07) is 8.11. The highest BCUT2D eigenvalue weighted by molar-refractivity contribution is 6.31. The third kappa shape index (κ3) is 5.99. The minimum absolute atomic E-state index is 0.0331. The number of amides is 2. The number of H-pyrrole nitrogens is 1. The molecule has 0 unspecified atom stereocenters. The molecule has 2 amide bonds. The standard InChI is InChI=1S/C27H35ClN8O/c1-27(2,3)33-26(37)36-7-5-18(6-8-36)23-16-22-24(29-17-30-25(22)32-23)31-20-13-19(28)14-21(15-20)35-11-9-34(4)10-12-35/h5,13-17H,6-12H2,1-4H3,(H,33,37)(H2,29,30,31,32). The van der Waals surface area contributed by atoms with E-state index in [2.05, 4.69) is 60.6 Å². The molecule has 37 heavy (non-hydrogen) atoms. The van der Waals surface area contributed by atoms with Crippen LogP contribution in [0.2, 0.25) is 5.02 Å². The summed E-state index contributed by atoms with van der Waals surface area (Å²) in [5, 5.41) is 8.09. The molecular weight excluding hydrogens is 488 g/mol. The zero-order valence-electron chi connectivity index (χ0n) is 21.9. The van der Waals surface area contributed by atoms with Gasteiger partial charge in [-0.05, 0) is 64.1 Å². The maximum atomic E-state index is 12.5. The molecule has 3 N–H and O–H groups in total.